The van der Waals surface area contributed by atoms with E-state index in [1.165, 1.54) is 0 Å². The maximum atomic E-state index is 5.94. The molecule has 0 spiro atoms. The second-order valence-electron chi connectivity index (χ2n) is 4.06. The molecule has 0 aliphatic carbocycles. The molecular formula is C14H12ClN3. The Kier molecular flexibility index (Phi) is 2.90. The van der Waals surface area contributed by atoms with Crippen molar-refractivity contribution in [2.75, 3.05) is 5.32 Å². The quantitative estimate of drug-likeness (QED) is 0.777. The van der Waals surface area contributed by atoms with Gasteiger partial charge in [0.25, 0.3) is 0 Å². The van der Waals surface area contributed by atoms with E-state index in [2.05, 4.69) is 16.5 Å². The monoisotopic (exact) mass is 257 g/mol. The number of fused-ring (bicyclic) bond motifs is 1. The Morgan fingerprint density at radius 3 is 3.00 bits per heavy atom. The van der Waals surface area contributed by atoms with Crippen LogP contribution in [0, 0.1) is 0 Å². The molecule has 0 saturated carbocycles. The minimum Gasteiger partial charge on any atom is -0.381 e. The lowest BCUT2D eigenvalue weighted by atomic mass is 10.2. The fourth-order valence-electron chi connectivity index (χ4n) is 1.92. The van der Waals surface area contributed by atoms with Gasteiger partial charge < -0.3 is 5.32 Å². The number of nitrogens with one attached hydrogen (secondary N) is 1. The van der Waals surface area contributed by atoms with E-state index in [0.717, 1.165) is 28.3 Å². The first-order valence-corrected chi connectivity index (χ1v) is 6.11. The topological polar surface area (TPSA) is 29.3 Å². The number of halogens is 1. The first kappa shape index (κ1) is 11.1. The van der Waals surface area contributed by atoms with Crippen LogP contribution in [0.4, 0.5) is 5.69 Å². The van der Waals surface area contributed by atoms with Gasteiger partial charge in [-0.15, -0.1) is 0 Å². The van der Waals surface area contributed by atoms with Crippen LogP contribution in [-0.4, -0.2) is 9.61 Å². The van der Waals surface area contributed by atoms with Gasteiger partial charge >= 0.3 is 0 Å². The molecule has 0 aliphatic rings. The molecule has 4 heteroatoms. The SMILES string of the molecule is Clc1cccc(NCc2cnn3ccccc23)c1. The van der Waals surface area contributed by atoms with Gasteiger partial charge in [-0.3, -0.25) is 0 Å². The summed E-state index contributed by atoms with van der Waals surface area (Å²) < 4.78 is 1.87. The van der Waals surface area contributed by atoms with Crippen LogP contribution < -0.4 is 5.32 Å². The van der Waals surface area contributed by atoms with Crippen molar-refractivity contribution in [1.29, 1.82) is 0 Å². The molecule has 0 aliphatic heterocycles. The summed E-state index contributed by atoms with van der Waals surface area (Å²) in [6.07, 6.45) is 3.82. The standard InChI is InChI=1S/C14H12ClN3/c15-12-4-3-5-13(8-12)16-9-11-10-17-18-7-2-1-6-14(11)18/h1-8,10,16H,9H2. The second kappa shape index (κ2) is 4.70. The van der Waals surface area contributed by atoms with Crippen molar-refractivity contribution in [3.8, 4) is 0 Å². The van der Waals surface area contributed by atoms with E-state index in [1.807, 2.05) is 53.3 Å². The van der Waals surface area contributed by atoms with Crippen molar-refractivity contribution in [1.82, 2.24) is 9.61 Å². The molecule has 2 aromatic heterocycles. The van der Waals surface area contributed by atoms with E-state index in [1.54, 1.807) is 0 Å². The Morgan fingerprint density at radius 2 is 2.11 bits per heavy atom. The lowest BCUT2D eigenvalue weighted by Crippen LogP contribution is -1.98. The van der Waals surface area contributed by atoms with Gasteiger partial charge in [-0.25, -0.2) is 4.52 Å². The molecule has 1 N–H and O–H groups in total. The molecule has 3 rings (SSSR count). The van der Waals surface area contributed by atoms with Crippen LogP contribution in [0.5, 0.6) is 0 Å². The number of rotatable bonds is 3. The van der Waals surface area contributed by atoms with Crippen molar-refractivity contribution < 1.29 is 0 Å². The highest BCUT2D eigenvalue weighted by molar-refractivity contribution is 6.30. The van der Waals surface area contributed by atoms with Gasteiger partial charge in [0.2, 0.25) is 0 Å². The number of aromatic nitrogens is 2. The van der Waals surface area contributed by atoms with Crippen LogP contribution in [0.3, 0.4) is 0 Å². The first-order chi connectivity index (χ1) is 8.83. The summed E-state index contributed by atoms with van der Waals surface area (Å²) in [5, 5.41) is 8.38. The Balaban J connectivity index is 1.81. The van der Waals surface area contributed by atoms with E-state index in [0.29, 0.717) is 0 Å². The van der Waals surface area contributed by atoms with E-state index in [-0.39, 0.29) is 0 Å². The van der Waals surface area contributed by atoms with Gasteiger partial charge in [-0.1, -0.05) is 23.7 Å². The van der Waals surface area contributed by atoms with Crippen LogP contribution in [0.2, 0.25) is 5.02 Å². The summed E-state index contributed by atoms with van der Waals surface area (Å²) in [6, 6.07) is 13.7. The Labute approximate surface area is 110 Å². The van der Waals surface area contributed by atoms with Crippen molar-refractivity contribution >= 4 is 22.8 Å². The third-order valence-electron chi connectivity index (χ3n) is 2.81. The predicted molar refractivity (Wildman–Crippen MR) is 74.0 cm³/mol. The Morgan fingerprint density at radius 1 is 1.17 bits per heavy atom. The molecule has 0 radical (unpaired) electrons. The van der Waals surface area contributed by atoms with Gasteiger partial charge in [0.15, 0.2) is 0 Å². The number of pyridine rings is 1. The van der Waals surface area contributed by atoms with Gasteiger partial charge in [-0.05, 0) is 30.3 Å². The number of hydrogen-bond acceptors (Lipinski definition) is 2. The number of benzene rings is 1. The molecule has 3 aromatic rings. The minimum absolute atomic E-state index is 0.730. The van der Waals surface area contributed by atoms with Gasteiger partial charge in [0, 0.05) is 29.0 Å². The van der Waals surface area contributed by atoms with Gasteiger partial charge in [-0.2, -0.15) is 5.10 Å². The van der Waals surface area contributed by atoms with Crippen molar-refractivity contribution in [2.45, 2.75) is 6.54 Å². The molecule has 2 heterocycles. The molecule has 0 saturated heterocycles. The fraction of sp³-hybridized carbons (Fsp3) is 0.0714. The Bertz CT molecular complexity index is 675. The van der Waals surface area contributed by atoms with Crippen LogP contribution >= 0.6 is 11.6 Å². The van der Waals surface area contributed by atoms with Crippen molar-refractivity contribution in [3.63, 3.8) is 0 Å². The zero-order valence-electron chi connectivity index (χ0n) is 9.68. The summed E-state index contributed by atoms with van der Waals surface area (Å²) >= 11 is 5.94. The molecular weight excluding hydrogens is 246 g/mol. The molecule has 0 atom stereocenters. The highest BCUT2D eigenvalue weighted by atomic mass is 35.5. The molecule has 3 nitrogen and oxygen atoms in total. The number of nitrogens with zero attached hydrogens (tertiary/aromatic N) is 2. The van der Waals surface area contributed by atoms with Gasteiger partial charge in [0.1, 0.15) is 0 Å². The molecule has 90 valence electrons. The lowest BCUT2D eigenvalue weighted by molar-refractivity contribution is 0.961. The average molecular weight is 258 g/mol. The molecule has 0 amide bonds. The van der Waals surface area contributed by atoms with Crippen LogP contribution in [-0.2, 0) is 6.54 Å². The number of anilines is 1. The summed E-state index contributed by atoms with van der Waals surface area (Å²) in [6.45, 7) is 0.730. The summed E-state index contributed by atoms with van der Waals surface area (Å²) in [4.78, 5) is 0. The highest BCUT2D eigenvalue weighted by Gasteiger charge is 2.02. The zero-order valence-corrected chi connectivity index (χ0v) is 10.4. The van der Waals surface area contributed by atoms with E-state index in [4.69, 9.17) is 11.6 Å². The fourth-order valence-corrected chi connectivity index (χ4v) is 2.11. The Hall–Kier alpha value is -2.00. The maximum absolute atomic E-state index is 5.94. The highest BCUT2D eigenvalue weighted by Crippen LogP contribution is 2.17. The second-order valence-corrected chi connectivity index (χ2v) is 4.50. The normalized spacial score (nSPS) is 10.7. The van der Waals surface area contributed by atoms with Crippen LogP contribution in [0.15, 0.2) is 54.9 Å². The third-order valence-corrected chi connectivity index (χ3v) is 3.05. The van der Waals surface area contributed by atoms with Crippen molar-refractivity contribution in [2.24, 2.45) is 0 Å². The molecule has 0 unspecified atom stereocenters. The third kappa shape index (κ3) is 2.17. The van der Waals surface area contributed by atoms with Crippen molar-refractivity contribution in [3.05, 3.63) is 65.4 Å². The van der Waals surface area contributed by atoms with Gasteiger partial charge in [0.05, 0.1) is 11.7 Å². The summed E-state index contributed by atoms with van der Waals surface area (Å²) in [5.41, 5.74) is 3.29. The van der Waals surface area contributed by atoms with E-state index >= 15 is 0 Å². The predicted octanol–water partition coefficient (Wildman–Crippen LogP) is 3.60. The molecule has 0 bridgehead atoms. The summed E-state index contributed by atoms with van der Waals surface area (Å²) in [5.74, 6) is 0. The number of hydrogen-bond donors (Lipinski definition) is 1. The largest absolute Gasteiger partial charge is 0.381 e. The average Bonchev–Trinajstić information content (AvgIpc) is 2.80. The molecule has 0 fully saturated rings. The molecule has 1 aromatic carbocycles. The van der Waals surface area contributed by atoms with E-state index in [9.17, 15) is 0 Å². The van der Waals surface area contributed by atoms with Crippen LogP contribution in [0.1, 0.15) is 5.56 Å². The first-order valence-electron chi connectivity index (χ1n) is 5.73. The summed E-state index contributed by atoms with van der Waals surface area (Å²) in [7, 11) is 0. The molecule has 18 heavy (non-hydrogen) atoms. The van der Waals surface area contributed by atoms with Crippen LogP contribution in [0.25, 0.3) is 5.52 Å². The smallest absolute Gasteiger partial charge is 0.0711 e. The van der Waals surface area contributed by atoms with E-state index < -0.39 is 0 Å². The zero-order chi connectivity index (χ0) is 12.4. The maximum Gasteiger partial charge on any atom is 0.0711 e. The minimum atomic E-state index is 0.730. The lowest BCUT2D eigenvalue weighted by Gasteiger charge is -2.05.